The van der Waals surface area contributed by atoms with Crippen LogP contribution in [-0.4, -0.2) is 47.8 Å². The highest BCUT2D eigenvalue weighted by atomic mass is 19.1. The van der Waals surface area contributed by atoms with E-state index in [1.165, 1.54) is 19.2 Å². The van der Waals surface area contributed by atoms with Gasteiger partial charge in [0, 0.05) is 26.1 Å². The van der Waals surface area contributed by atoms with E-state index >= 15 is 0 Å². The van der Waals surface area contributed by atoms with Crippen molar-refractivity contribution >= 4 is 23.3 Å². The number of rotatable bonds is 5. The number of nitrogens with one attached hydrogen (secondary N) is 1. The molecule has 148 valence electrons. The highest BCUT2D eigenvalue weighted by Gasteiger charge is 2.22. The second-order valence-electron chi connectivity index (χ2n) is 6.73. The van der Waals surface area contributed by atoms with E-state index in [1.807, 2.05) is 4.90 Å². The van der Waals surface area contributed by atoms with Crippen LogP contribution in [0.3, 0.4) is 0 Å². The first-order valence-corrected chi connectivity index (χ1v) is 9.06. The second-order valence-corrected chi connectivity index (χ2v) is 6.73. The number of ketones is 1. The fourth-order valence-electron chi connectivity index (χ4n) is 3.30. The third kappa shape index (κ3) is 4.21. The number of nitrogens with zero attached hydrogens (tertiary/aromatic N) is 2. The van der Waals surface area contributed by atoms with Crippen molar-refractivity contribution in [2.75, 3.05) is 31.2 Å². The molecule has 1 saturated heterocycles. The molecule has 1 aliphatic rings. The summed E-state index contributed by atoms with van der Waals surface area (Å²) in [5.41, 5.74) is 6.27. The Balaban J connectivity index is 1.73. The van der Waals surface area contributed by atoms with Gasteiger partial charge in [-0.05, 0) is 43.2 Å². The highest BCUT2D eigenvalue weighted by Crippen LogP contribution is 2.26. The van der Waals surface area contributed by atoms with Crippen LogP contribution in [0, 0.1) is 5.82 Å². The molecule has 2 aromatic rings. The third-order valence-corrected chi connectivity index (χ3v) is 4.87. The lowest BCUT2D eigenvalue weighted by molar-refractivity contribution is -0.129. The SMILES string of the molecule is COc1ccc(F)cc1C(=O)c1ccc(NC2CCN(C(C)=O)CC2)nc1N. The molecule has 1 aromatic carbocycles. The van der Waals surface area contributed by atoms with Gasteiger partial charge in [0.25, 0.3) is 0 Å². The van der Waals surface area contributed by atoms with E-state index in [1.54, 1.807) is 19.1 Å². The van der Waals surface area contributed by atoms with E-state index < -0.39 is 11.6 Å². The molecule has 1 aliphatic heterocycles. The van der Waals surface area contributed by atoms with Gasteiger partial charge in [-0.2, -0.15) is 0 Å². The van der Waals surface area contributed by atoms with Gasteiger partial charge in [0.2, 0.25) is 11.7 Å². The smallest absolute Gasteiger partial charge is 0.219 e. The number of nitrogens with two attached hydrogens (primary N) is 1. The van der Waals surface area contributed by atoms with E-state index in [2.05, 4.69) is 10.3 Å². The van der Waals surface area contributed by atoms with Gasteiger partial charge in [0.15, 0.2) is 0 Å². The third-order valence-electron chi connectivity index (χ3n) is 4.87. The number of carbonyl (C=O) groups excluding carboxylic acids is 2. The summed E-state index contributed by atoms with van der Waals surface area (Å²) in [6, 6.07) is 7.16. The summed E-state index contributed by atoms with van der Waals surface area (Å²) in [7, 11) is 1.41. The van der Waals surface area contributed by atoms with E-state index in [-0.39, 0.29) is 34.6 Å². The van der Waals surface area contributed by atoms with Crippen LogP contribution in [0.2, 0.25) is 0 Å². The number of methoxy groups -OCH3 is 1. The van der Waals surface area contributed by atoms with Crippen molar-refractivity contribution < 1.29 is 18.7 Å². The zero-order valence-electron chi connectivity index (χ0n) is 15.9. The second kappa shape index (κ2) is 8.24. The first-order valence-electron chi connectivity index (χ1n) is 9.06. The Bertz CT molecular complexity index is 895. The minimum atomic E-state index is -0.536. The van der Waals surface area contributed by atoms with Gasteiger partial charge in [-0.25, -0.2) is 9.37 Å². The van der Waals surface area contributed by atoms with Gasteiger partial charge in [-0.3, -0.25) is 9.59 Å². The van der Waals surface area contributed by atoms with Crippen molar-refractivity contribution in [2.24, 2.45) is 0 Å². The van der Waals surface area contributed by atoms with Crippen LogP contribution in [0.1, 0.15) is 35.7 Å². The van der Waals surface area contributed by atoms with Gasteiger partial charge >= 0.3 is 0 Å². The minimum absolute atomic E-state index is 0.0579. The normalized spacial score (nSPS) is 14.6. The van der Waals surface area contributed by atoms with E-state index in [4.69, 9.17) is 10.5 Å². The van der Waals surface area contributed by atoms with Crippen molar-refractivity contribution in [3.05, 3.63) is 47.3 Å². The molecule has 3 N–H and O–H groups in total. The molecule has 1 amide bonds. The predicted octanol–water partition coefficient (Wildman–Crippen LogP) is 2.47. The quantitative estimate of drug-likeness (QED) is 0.766. The summed E-state index contributed by atoms with van der Waals surface area (Å²) < 4.78 is 18.7. The number of carbonyl (C=O) groups is 2. The summed E-state index contributed by atoms with van der Waals surface area (Å²) >= 11 is 0. The Morgan fingerprint density at radius 2 is 1.93 bits per heavy atom. The number of piperidine rings is 1. The van der Waals surface area contributed by atoms with Crippen LogP contribution in [0.15, 0.2) is 30.3 Å². The molecule has 0 atom stereocenters. The molecular formula is C20H23FN4O3. The molecule has 7 nitrogen and oxygen atoms in total. The number of halogens is 1. The van der Waals surface area contributed by atoms with Gasteiger partial charge in [-0.15, -0.1) is 0 Å². The van der Waals surface area contributed by atoms with Gasteiger partial charge in [0.05, 0.1) is 18.2 Å². The lowest BCUT2D eigenvalue weighted by atomic mass is 10.0. The maximum absolute atomic E-state index is 13.6. The van der Waals surface area contributed by atoms with E-state index in [9.17, 15) is 14.0 Å². The molecule has 0 unspecified atom stereocenters. The molecule has 8 heteroatoms. The fraction of sp³-hybridized carbons (Fsp3) is 0.350. The van der Waals surface area contributed by atoms with Gasteiger partial charge in [0.1, 0.15) is 23.2 Å². The first-order chi connectivity index (χ1) is 13.4. The maximum atomic E-state index is 13.6. The Hall–Kier alpha value is -3.16. The van der Waals surface area contributed by atoms with E-state index in [0.717, 1.165) is 18.9 Å². The summed E-state index contributed by atoms with van der Waals surface area (Å²) in [4.78, 5) is 30.3. The number of hydrogen-bond donors (Lipinski definition) is 2. The number of anilines is 2. The number of hydrogen-bond acceptors (Lipinski definition) is 6. The highest BCUT2D eigenvalue weighted by molar-refractivity contribution is 6.13. The summed E-state index contributed by atoms with van der Waals surface area (Å²) in [6.07, 6.45) is 1.62. The largest absolute Gasteiger partial charge is 0.496 e. The molecule has 3 rings (SSSR count). The Kier molecular flexibility index (Phi) is 5.77. The van der Waals surface area contributed by atoms with Crippen molar-refractivity contribution in [3.8, 4) is 5.75 Å². The average molecular weight is 386 g/mol. The van der Waals surface area contributed by atoms with Gasteiger partial charge in [-0.1, -0.05) is 0 Å². The first kappa shape index (κ1) is 19.6. The Morgan fingerprint density at radius 3 is 2.54 bits per heavy atom. The van der Waals surface area contributed by atoms with Crippen molar-refractivity contribution in [3.63, 3.8) is 0 Å². The van der Waals surface area contributed by atoms with Crippen molar-refractivity contribution in [1.82, 2.24) is 9.88 Å². The van der Waals surface area contributed by atoms with Crippen LogP contribution < -0.4 is 15.8 Å². The number of benzene rings is 1. The number of nitrogen functional groups attached to an aromatic ring is 1. The zero-order chi connectivity index (χ0) is 20.3. The molecule has 0 radical (unpaired) electrons. The maximum Gasteiger partial charge on any atom is 0.219 e. The van der Waals surface area contributed by atoms with Crippen LogP contribution in [0.5, 0.6) is 5.75 Å². The molecule has 1 aromatic heterocycles. The van der Waals surface area contributed by atoms with Crippen LogP contribution in [-0.2, 0) is 4.79 Å². The minimum Gasteiger partial charge on any atom is -0.496 e. The number of likely N-dealkylation sites (tertiary alicyclic amines) is 1. The zero-order valence-corrected chi connectivity index (χ0v) is 15.9. The lowest BCUT2D eigenvalue weighted by Crippen LogP contribution is -2.41. The topological polar surface area (TPSA) is 97.5 Å². The number of amides is 1. The molecule has 0 bridgehead atoms. The van der Waals surface area contributed by atoms with Crippen LogP contribution >= 0.6 is 0 Å². The molecular weight excluding hydrogens is 363 g/mol. The predicted molar refractivity (Wildman–Crippen MR) is 104 cm³/mol. The average Bonchev–Trinajstić information content (AvgIpc) is 2.68. The monoisotopic (exact) mass is 386 g/mol. The summed E-state index contributed by atoms with van der Waals surface area (Å²) in [5, 5.41) is 3.29. The lowest BCUT2D eigenvalue weighted by Gasteiger charge is -2.32. The Morgan fingerprint density at radius 1 is 1.21 bits per heavy atom. The molecule has 2 heterocycles. The van der Waals surface area contributed by atoms with Crippen LogP contribution in [0.25, 0.3) is 0 Å². The standard InChI is InChI=1S/C20H23FN4O3/c1-12(26)25-9-7-14(8-10-25)23-18-6-4-15(20(22)24-18)19(27)16-11-13(21)3-5-17(16)28-2/h3-6,11,14H,7-10H2,1-2H3,(H3,22,23,24). The Labute approximate surface area is 162 Å². The van der Waals surface area contributed by atoms with Crippen molar-refractivity contribution in [1.29, 1.82) is 0 Å². The van der Waals surface area contributed by atoms with Crippen molar-refractivity contribution in [2.45, 2.75) is 25.8 Å². The molecule has 0 aliphatic carbocycles. The van der Waals surface area contributed by atoms with E-state index in [0.29, 0.717) is 18.9 Å². The number of pyridine rings is 1. The molecule has 1 fully saturated rings. The number of ether oxygens (including phenoxy) is 1. The van der Waals surface area contributed by atoms with Gasteiger partial charge < -0.3 is 20.7 Å². The number of aromatic nitrogens is 1. The van der Waals surface area contributed by atoms with Crippen LogP contribution in [0.4, 0.5) is 16.0 Å². The molecule has 0 saturated carbocycles. The summed E-state index contributed by atoms with van der Waals surface area (Å²) in [5.74, 6) is -0.0285. The molecule has 0 spiro atoms. The molecule has 28 heavy (non-hydrogen) atoms. The fourth-order valence-corrected chi connectivity index (χ4v) is 3.30. The summed E-state index contributed by atoms with van der Waals surface area (Å²) in [6.45, 7) is 2.95.